The molecule has 19 heavy (non-hydrogen) atoms. The Balaban J connectivity index is 3.61. The van der Waals surface area contributed by atoms with Crippen LogP contribution in [0, 0.1) is 10.1 Å². The predicted octanol–water partition coefficient (Wildman–Crippen LogP) is 2.69. The van der Waals surface area contributed by atoms with Gasteiger partial charge in [0.2, 0.25) is 0 Å². The molecule has 0 spiro atoms. The lowest BCUT2D eigenvalue weighted by molar-refractivity contribution is -0.385. The van der Waals surface area contributed by atoms with E-state index in [4.69, 9.17) is 10.7 Å². The second-order valence-electron chi connectivity index (χ2n) is 3.35. The molecule has 1 aromatic rings. The fourth-order valence-corrected chi connectivity index (χ4v) is 2.69. The van der Waals surface area contributed by atoms with Crippen molar-refractivity contribution in [1.82, 2.24) is 0 Å². The van der Waals surface area contributed by atoms with Crippen LogP contribution >= 0.6 is 10.7 Å². The number of hydrogen-bond acceptors (Lipinski definition) is 5. The zero-order valence-corrected chi connectivity index (χ0v) is 11.0. The van der Waals surface area contributed by atoms with E-state index < -0.39 is 36.9 Å². The molecule has 0 saturated heterocycles. The minimum atomic E-state index is -4.32. The Morgan fingerprint density at radius 1 is 1.47 bits per heavy atom. The van der Waals surface area contributed by atoms with Gasteiger partial charge in [-0.25, -0.2) is 8.42 Å². The van der Waals surface area contributed by atoms with E-state index in [1.54, 1.807) is 0 Å². The van der Waals surface area contributed by atoms with Gasteiger partial charge in [-0.2, -0.15) is 8.78 Å². The van der Waals surface area contributed by atoms with Crippen molar-refractivity contribution in [3.8, 4) is 5.75 Å². The van der Waals surface area contributed by atoms with Crippen LogP contribution in [0.1, 0.15) is 12.5 Å². The summed E-state index contributed by atoms with van der Waals surface area (Å²) in [5, 5.41) is 10.6. The van der Waals surface area contributed by atoms with Crippen molar-refractivity contribution < 1.29 is 26.9 Å². The highest BCUT2D eigenvalue weighted by atomic mass is 35.7. The quantitative estimate of drug-likeness (QED) is 0.473. The molecular weight excluding hydrogens is 308 g/mol. The van der Waals surface area contributed by atoms with Crippen molar-refractivity contribution in [2.24, 2.45) is 0 Å². The second-order valence-corrected chi connectivity index (χ2v) is 5.88. The summed E-state index contributed by atoms with van der Waals surface area (Å²) < 4.78 is 51.2. The van der Waals surface area contributed by atoms with Crippen LogP contribution in [0.3, 0.4) is 0 Å². The number of nitro groups is 1. The first kappa shape index (κ1) is 15.6. The monoisotopic (exact) mass is 315 g/mol. The molecule has 0 amide bonds. The van der Waals surface area contributed by atoms with Crippen LogP contribution in [0.25, 0.3) is 0 Å². The number of alkyl halides is 2. The molecule has 0 saturated carbocycles. The number of rotatable bonds is 5. The van der Waals surface area contributed by atoms with Gasteiger partial charge >= 0.3 is 6.61 Å². The number of nitro benzene ring substituents is 1. The van der Waals surface area contributed by atoms with Gasteiger partial charge in [-0.3, -0.25) is 10.1 Å². The van der Waals surface area contributed by atoms with E-state index in [0.29, 0.717) is 6.07 Å². The maximum absolute atomic E-state index is 12.2. The van der Waals surface area contributed by atoms with Gasteiger partial charge in [0.25, 0.3) is 14.7 Å². The molecule has 0 unspecified atom stereocenters. The molecule has 0 aliphatic carbocycles. The smallest absolute Gasteiger partial charge is 0.387 e. The molecule has 0 N–H and O–H groups in total. The second kappa shape index (κ2) is 5.66. The normalized spacial score (nSPS) is 11.6. The summed E-state index contributed by atoms with van der Waals surface area (Å²) in [7, 11) is 0.817. The summed E-state index contributed by atoms with van der Waals surface area (Å²) in [4.78, 5) is 9.11. The Labute approximate surface area is 111 Å². The topological polar surface area (TPSA) is 86.5 Å². The molecule has 1 rings (SSSR count). The highest BCUT2D eigenvalue weighted by molar-refractivity contribution is 8.13. The van der Waals surface area contributed by atoms with E-state index in [-0.39, 0.29) is 12.0 Å². The fraction of sp³-hybridized carbons (Fsp3) is 0.333. The van der Waals surface area contributed by atoms with Crippen LogP contribution < -0.4 is 4.74 Å². The average molecular weight is 316 g/mol. The standard InChI is InChI=1S/C9H8ClF2NO5S/c1-2-6-7(18-9(11)12)3-5(13(14)15)4-8(6)19(10,16)17/h3-4,9H,2H2,1H3. The highest BCUT2D eigenvalue weighted by Gasteiger charge is 2.25. The number of benzene rings is 1. The Hall–Kier alpha value is -1.48. The number of nitrogens with zero attached hydrogens (tertiary/aromatic N) is 1. The Kier molecular flexibility index (Phi) is 4.64. The van der Waals surface area contributed by atoms with E-state index >= 15 is 0 Å². The van der Waals surface area contributed by atoms with Gasteiger partial charge in [0.1, 0.15) is 5.75 Å². The largest absolute Gasteiger partial charge is 0.434 e. The maximum atomic E-state index is 12.2. The van der Waals surface area contributed by atoms with Gasteiger partial charge in [0, 0.05) is 22.3 Å². The van der Waals surface area contributed by atoms with E-state index in [1.807, 2.05) is 0 Å². The van der Waals surface area contributed by atoms with E-state index in [2.05, 4.69) is 4.74 Å². The minimum absolute atomic E-state index is 0.00132. The van der Waals surface area contributed by atoms with Crippen LogP contribution in [0.2, 0.25) is 0 Å². The van der Waals surface area contributed by atoms with Crippen LogP contribution in [-0.2, 0) is 15.5 Å². The molecule has 0 aliphatic rings. The van der Waals surface area contributed by atoms with Crippen molar-refractivity contribution in [2.75, 3.05) is 0 Å². The first-order chi connectivity index (χ1) is 8.66. The summed E-state index contributed by atoms with van der Waals surface area (Å²) in [6.07, 6.45) is 0.00132. The lowest BCUT2D eigenvalue weighted by Gasteiger charge is -2.12. The van der Waals surface area contributed by atoms with Crippen molar-refractivity contribution in [3.05, 3.63) is 27.8 Å². The number of hydrogen-bond donors (Lipinski definition) is 0. The van der Waals surface area contributed by atoms with Crippen LogP contribution in [0.15, 0.2) is 17.0 Å². The lowest BCUT2D eigenvalue weighted by atomic mass is 10.1. The zero-order valence-electron chi connectivity index (χ0n) is 9.47. The van der Waals surface area contributed by atoms with E-state index in [9.17, 15) is 27.3 Å². The van der Waals surface area contributed by atoms with E-state index in [1.165, 1.54) is 6.92 Å². The molecule has 0 aromatic heterocycles. The third-order valence-corrected chi connectivity index (χ3v) is 3.58. The summed E-state index contributed by atoms with van der Waals surface area (Å²) in [6.45, 7) is -1.76. The van der Waals surface area contributed by atoms with Crippen LogP contribution in [0.4, 0.5) is 14.5 Å². The Bertz CT molecular complexity index is 605. The van der Waals surface area contributed by atoms with Gasteiger partial charge < -0.3 is 4.74 Å². The summed E-state index contributed by atoms with van der Waals surface area (Å²) >= 11 is 0. The van der Waals surface area contributed by atoms with Crippen LogP contribution in [0.5, 0.6) is 5.75 Å². The number of halogens is 3. The molecule has 0 aliphatic heterocycles. The Morgan fingerprint density at radius 2 is 2.05 bits per heavy atom. The minimum Gasteiger partial charge on any atom is -0.434 e. The van der Waals surface area contributed by atoms with Gasteiger partial charge in [0.15, 0.2) is 0 Å². The maximum Gasteiger partial charge on any atom is 0.387 e. The number of ether oxygens (including phenoxy) is 1. The molecule has 0 atom stereocenters. The third-order valence-electron chi connectivity index (χ3n) is 2.20. The lowest BCUT2D eigenvalue weighted by Crippen LogP contribution is -2.08. The van der Waals surface area contributed by atoms with Gasteiger partial charge in [-0.1, -0.05) is 6.92 Å². The molecule has 0 fully saturated rings. The molecule has 1 aromatic carbocycles. The third kappa shape index (κ3) is 3.74. The van der Waals surface area contributed by atoms with Gasteiger partial charge in [-0.05, 0) is 6.42 Å². The first-order valence-corrected chi connectivity index (χ1v) is 7.18. The van der Waals surface area contributed by atoms with Crippen molar-refractivity contribution >= 4 is 25.4 Å². The highest BCUT2D eigenvalue weighted by Crippen LogP contribution is 2.34. The SMILES string of the molecule is CCc1c(OC(F)F)cc([N+](=O)[O-])cc1S(=O)(=O)Cl. The molecule has 0 radical (unpaired) electrons. The van der Waals surface area contributed by atoms with Crippen molar-refractivity contribution in [1.29, 1.82) is 0 Å². The number of non-ortho nitro benzene ring substituents is 1. The first-order valence-electron chi connectivity index (χ1n) is 4.87. The van der Waals surface area contributed by atoms with Crippen molar-refractivity contribution in [3.63, 3.8) is 0 Å². The fourth-order valence-electron chi connectivity index (χ4n) is 1.48. The van der Waals surface area contributed by atoms with Gasteiger partial charge in [-0.15, -0.1) is 0 Å². The zero-order chi connectivity index (χ0) is 14.8. The van der Waals surface area contributed by atoms with Crippen molar-refractivity contribution in [2.45, 2.75) is 24.9 Å². The molecule has 0 heterocycles. The molecule has 6 nitrogen and oxygen atoms in total. The average Bonchev–Trinajstić information content (AvgIpc) is 2.25. The van der Waals surface area contributed by atoms with Crippen LogP contribution in [-0.4, -0.2) is 20.0 Å². The molecule has 0 bridgehead atoms. The summed E-state index contributed by atoms with van der Waals surface area (Å²) in [6, 6.07) is 1.44. The van der Waals surface area contributed by atoms with E-state index in [0.717, 1.165) is 6.07 Å². The summed E-state index contributed by atoms with van der Waals surface area (Å²) in [5.41, 5.74) is -0.840. The Morgan fingerprint density at radius 3 is 2.42 bits per heavy atom. The van der Waals surface area contributed by atoms with Gasteiger partial charge in [0.05, 0.1) is 15.9 Å². The molecule has 10 heteroatoms. The molecular formula is C9H8ClF2NO5S. The predicted molar refractivity (Wildman–Crippen MR) is 62.1 cm³/mol. The molecule has 106 valence electrons. The summed E-state index contributed by atoms with van der Waals surface area (Å²) in [5.74, 6) is -0.578.